The number of aliphatic hydroxyl groups is 2. The largest absolute Gasteiger partial charge is 0.394 e. The summed E-state index contributed by atoms with van der Waals surface area (Å²) in [6.45, 7) is 2.14. The molecule has 6 heteroatoms. The third-order valence-corrected chi connectivity index (χ3v) is 3.71. The second-order valence-electron chi connectivity index (χ2n) is 5.43. The number of benzene rings is 2. The van der Waals surface area contributed by atoms with Crippen LogP contribution in [-0.2, 0) is 6.42 Å². The molecule has 0 fully saturated rings. The minimum atomic E-state index is -0.779. The van der Waals surface area contributed by atoms with Gasteiger partial charge in [0.15, 0.2) is 0 Å². The van der Waals surface area contributed by atoms with E-state index in [0.717, 1.165) is 28.8 Å². The van der Waals surface area contributed by atoms with Gasteiger partial charge in [-0.3, -0.25) is 0 Å². The Morgan fingerprint density at radius 1 is 1.09 bits per heavy atom. The Morgan fingerprint density at radius 3 is 2.52 bits per heavy atom. The summed E-state index contributed by atoms with van der Waals surface area (Å²) < 4.78 is 0. The van der Waals surface area contributed by atoms with Crippen molar-refractivity contribution in [1.29, 1.82) is 0 Å². The van der Waals surface area contributed by atoms with Crippen molar-refractivity contribution in [2.45, 2.75) is 19.4 Å². The maximum absolute atomic E-state index is 9.38. The summed E-state index contributed by atoms with van der Waals surface area (Å²) in [5.74, 6) is 0. The van der Waals surface area contributed by atoms with Crippen LogP contribution in [0.25, 0.3) is 16.7 Å². The molecule has 1 atom stereocenters. The topological polar surface area (TPSA) is 83.2 Å². The highest BCUT2D eigenvalue weighted by Gasteiger charge is 2.07. The zero-order valence-electron chi connectivity index (χ0n) is 13.0. The Bertz CT molecular complexity index is 783. The fraction of sp³-hybridized carbons (Fsp3) is 0.294. The first-order chi connectivity index (χ1) is 11.2. The van der Waals surface area contributed by atoms with Crippen LogP contribution in [0, 0.1) is 0 Å². The molecule has 0 saturated heterocycles. The number of aliphatic hydroxyl groups excluding tert-OH is 2. The second-order valence-corrected chi connectivity index (χ2v) is 5.43. The molecular formula is C17H20N4O2. The van der Waals surface area contributed by atoms with E-state index in [1.807, 2.05) is 30.3 Å². The third kappa shape index (κ3) is 3.49. The molecule has 1 heterocycles. The smallest absolute Gasteiger partial charge is 0.115 e. The Balaban J connectivity index is 1.83. The van der Waals surface area contributed by atoms with E-state index < -0.39 is 6.10 Å². The summed E-state index contributed by atoms with van der Waals surface area (Å²) in [5.41, 5.74) is 4.60. The minimum absolute atomic E-state index is 0.265. The van der Waals surface area contributed by atoms with Crippen molar-refractivity contribution in [3.63, 3.8) is 0 Å². The van der Waals surface area contributed by atoms with E-state index in [1.54, 1.807) is 4.80 Å². The van der Waals surface area contributed by atoms with Crippen molar-refractivity contribution in [2.75, 3.05) is 18.5 Å². The lowest BCUT2D eigenvalue weighted by Crippen LogP contribution is -2.22. The van der Waals surface area contributed by atoms with E-state index in [9.17, 15) is 5.11 Å². The van der Waals surface area contributed by atoms with Gasteiger partial charge in [0.25, 0.3) is 0 Å². The quantitative estimate of drug-likeness (QED) is 0.646. The SMILES string of the molecule is CCc1ccc(-n2nc3ccc(NCC(O)CO)cc3n2)cc1. The fourth-order valence-corrected chi connectivity index (χ4v) is 2.31. The van der Waals surface area contributed by atoms with Gasteiger partial charge in [0.05, 0.1) is 18.4 Å². The molecule has 23 heavy (non-hydrogen) atoms. The highest BCUT2D eigenvalue weighted by molar-refractivity contribution is 5.78. The average Bonchev–Trinajstić information content (AvgIpc) is 3.03. The Hall–Kier alpha value is -2.44. The number of nitrogens with one attached hydrogen (secondary N) is 1. The van der Waals surface area contributed by atoms with Crippen molar-refractivity contribution in [1.82, 2.24) is 15.0 Å². The van der Waals surface area contributed by atoms with E-state index in [2.05, 4.69) is 34.6 Å². The number of hydrogen-bond donors (Lipinski definition) is 3. The molecule has 3 aromatic rings. The number of aryl methyl sites for hydroxylation is 1. The Kier molecular flexibility index (Phi) is 4.55. The first-order valence-corrected chi connectivity index (χ1v) is 7.69. The first-order valence-electron chi connectivity index (χ1n) is 7.69. The molecule has 0 saturated carbocycles. The number of hydrogen-bond acceptors (Lipinski definition) is 5. The molecule has 0 aliphatic rings. The summed E-state index contributed by atoms with van der Waals surface area (Å²) in [4.78, 5) is 1.62. The van der Waals surface area contributed by atoms with Crippen LogP contribution >= 0.6 is 0 Å². The molecule has 1 unspecified atom stereocenters. The molecule has 1 aromatic heterocycles. The molecule has 6 nitrogen and oxygen atoms in total. The molecule has 3 N–H and O–H groups in total. The van der Waals surface area contributed by atoms with Crippen LogP contribution in [0.1, 0.15) is 12.5 Å². The lowest BCUT2D eigenvalue weighted by atomic mass is 10.2. The average molecular weight is 312 g/mol. The molecule has 3 rings (SSSR count). The molecule has 0 aliphatic heterocycles. The molecule has 2 aromatic carbocycles. The second kappa shape index (κ2) is 6.76. The van der Waals surface area contributed by atoms with Crippen LogP contribution in [0.4, 0.5) is 5.69 Å². The molecule has 0 spiro atoms. The van der Waals surface area contributed by atoms with Gasteiger partial charge in [-0.2, -0.15) is 4.80 Å². The van der Waals surface area contributed by atoms with Crippen LogP contribution in [0.2, 0.25) is 0 Å². The van der Waals surface area contributed by atoms with Crippen molar-refractivity contribution in [3.05, 3.63) is 48.0 Å². The summed E-state index contributed by atoms with van der Waals surface area (Å²) >= 11 is 0. The van der Waals surface area contributed by atoms with Gasteiger partial charge in [0.2, 0.25) is 0 Å². The fourth-order valence-electron chi connectivity index (χ4n) is 2.31. The van der Waals surface area contributed by atoms with E-state index in [4.69, 9.17) is 5.11 Å². The number of anilines is 1. The predicted molar refractivity (Wildman–Crippen MR) is 89.8 cm³/mol. The van der Waals surface area contributed by atoms with Crippen LogP contribution in [0.5, 0.6) is 0 Å². The maximum Gasteiger partial charge on any atom is 0.115 e. The maximum atomic E-state index is 9.38. The lowest BCUT2D eigenvalue weighted by Gasteiger charge is -2.09. The molecule has 0 amide bonds. The number of aromatic nitrogens is 3. The van der Waals surface area contributed by atoms with Crippen LogP contribution < -0.4 is 5.32 Å². The Morgan fingerprint density at radius 2 is 1.83 bits per heavy atom. The number of fused-ring (bicyclic) bond motifs is 1. The van der Waals surface area contributed by atoms with E-state index in [0.29, 0.717) is 0 Å². The van der Waals surface area contributed by atoms with Crippen LogP contribution in [-0.4, -0.2) is 44.5 Å². The third-order valence-electron chi connectivity index (χ3n) is 3.71. The van der Waals surface area contributed by atoms with Gasteiger partial charge >= 0.3 is 0 Å². The van der Waals surface area contributed by atoms with Crippen LogP contribution in [0.15, 0.2) is 42.5 Å². The van der Waals surface area contributed by atoms with Gasteiger partial charge in [-0.15, -0.1) is 10.2 Å². The molecule has 0 radical (unpaired) electrons. The molecule has 0 bridgehead atoms. The molecule has 0 aliphatic carbocycles. The van der Waals surface area contributed by atoms with Gasteiger partial charge in [0.1, 0.15) is 11.0 Å². The van der Waals surface area contributed by atoms with Gasteiger partial charge < -0.3 is 15.5 Å². The van der Waals surface area contributed by atoms with Crippen LogP contribution in [0.3, 0.4) is 0 Å². The van der Waals surface area contributed by atoms with Gasteiger partial charge in [-0.25, -0.2) is 0 Å². The lowest BCUT2D eigenvalue weighted by molar-refractivity contribution is 0.105. The van der Waals surface area contributed by atoms with Crippen molar-refractivity contribution in [3.8, 4) is 5.69 Å². The monoisotopic (exact) mass is 312 g/mol. The normalized spacial score (nSPS) is 12.5. The van der Waals surface area contributed by atoms with Crippen molar-refractivity contribution >= 4 is 16.7 Å². The zero-order valence-corrected chi connectivity index (χ0v) is 13.0. The highest BCUT2D eigenvalue weighted by Crippen LogP contribution is 2.18. The van der Waals surface area contributed by atoms with E-state index in [-0.39, 0.29) is 13.2 Å². The summed E-state index contributed by atoms with van der Waals surface area (Å²) in [6.07, 6.45) is 0.224. The zero-order chi connectivity index (χ0) is 16.2. The van der Waals surface area contributed by atoms with Crippen molar-refractivity contribution < 1.29 is 10.2 Å². The van der Waals surface area contributed by atoms with Crippen molar-refractivity contribution in [2.24, 2.45) is 0 Å². The molecule has 120 valence electrons. The van der Waals surface area contributed by atoms with E-state index in [1.165, 1.54) is 5.56 Å². The molecular weight excluding hydrogens is 292 g/mol. The van der Waals surface area contributed by atoms with Gasteiger partial charge in [-0.05, 0) is 42.3 Å². The Labute approximate surface area is 134 Å². The highest BCUT2D eigenvalue weighted by atomic mass is 16.3. The summed E-state index contributed by atoms with van der Waals surface area (Å²) in [5, 5.41) is 30.3. The standard InChI is InChI=1S/C17H20N4O2/c1-2-12-3-6-14(7-4-12)21-19-16-8-5-13(9-17(16)20-21)18-10-15(23)11-22/h3-9,15,18,22-23H,2,10-11H2,1H3. The minimum Gasteiger partial charge on any atom is -0.394 e. The summed E-state index contributed by atoms with van der Waals surface area (Å²) in [6, 6.07) is 13.8. The van der Waals surface area contributed by atoms with E-state index >= 15 is 0 Å². The number of rotatable bonds is 6. The van der Waals surface area contributed by atoms with Gasteiger partial charge in [-0.1, -0.05) is 19.1 Å². The summed E-state index contributed by atoms with van der Waals surface area (Å²) in [7, 11) is 0. The predicted octanol–water partition coefficient (Wildman–Crippen LogP) is 1.75. The van der Waals surface area contributed by atoms with Gasteiger partial charge in [0, 0.05) is 12.2 Å². The first kappa shape index (κ1) is 15.5. The number of nitrogens with zero attached hydrogens (tertiary/aromatic N) is 3.